The van der Waals surface area contributed by atoms with Crippen LogP contribution in [0.5, 0.6) is 0 Å². The minimum Gasteiger partial charge on any atom is -0.330 e. The van der Waals surface area contributed by atoms with Gasteiger partial charge in [0.05, 0.1) is 24.1 Å². The molecule has 0 saturated heterocycles. The van der Waals surface area contributed by atoms with Gasteiger partial charge < -0.3 is 4.84 Å². The van der Waals surface area contributed by atoms with E-state index < -0.39 is 17.8 Å². The highest BCUT2D eigenvalue weighted by Gasteiger charge is 2.38. The van der Waals surface area contributed by atoms with Crippen molar-refractivity contribution >= 4 is 17.8 Å². The van der Waals surface area contributed by atoms with E-state index in [4.69, 9.17) is 4.84 Å². The largest absolute Gasteiger partial charge is 0.335 e. The molecule has 1 aliphatic heterocycles. The summed E-state index contributed by atoms with van der Waals surface area (Å²) in [5.41, 5.74) is 0.437. The third kappa shape index (κ3) is 2.36. The van der Waals surface area contributed by atoms with Crippen molar-refractivity contribution in [1.29, 1.82) is 0 Å². The molecule has 0 bridgehead atoms. The average molecular weight is 287 g/mol. The van der Waals surface area contributed by atoms with Crippen molar-refractivity contribution in [3.63, 3.8) is 0 Å². The van der Waals surface area contributed by atoms with E-state index in [1.807, 2.05) is 0 Å². The van der Waals surface area contributed by atoms with Gasteiger partial charge in [-0.05, 0) is 22.6 Å². The molecule has 0 saturated carbocycles. The number of benzene rings is 1. The summed E-state index contributed by atoms with van der Waals surface area (Å²) in [4.78, 5) is 40.4. The number of hydrogen-bond donors (Lipinski definition) is 0. The quantitative estimate of drug-likeness (QED) is 0.717. The monoisotopic (exact) mass is 287 g/mol. The SMILES string of the molecule is O=C(CCn1cnnn1)ON1C(=O)c2ccccc2C1=O. The molecular formula is C12H9N5O4. The number of aromatic nitrogens is 4. The molecule has 9 heteroatoms. The van der Waals surface area contributed by atoms with Gasteiger partial charge in [0.15, 0.2) is 0 Å². The molecule has 0 atom stereocenters. The zero-order chi connectivity index (χ0) is 14.8. The van der Waals surface area contributed by atoms with Crippen LogP contribution in [0.25, 0.3) is 0 Å². The number of hydroxylamine groups is 2. The summed E-state index contributed by atoms with van der Waals surface area (Å²) in [5.74, 6) is -2.02. The van der Waals surface area contributed by atoms with Crippen molar-refractivity contribution in [1.82, 2.24) is 25.3 Å². The number of carbonyl (C=O) groups excluding carboxylic acids is 3. The van der Waals surface area contributed by atoms with Crippen molar-refractivity contribution in [3.05, 3.63) is 41.7 Å². The van der Waals surface area contributed by atoms with E-state index in [9.17, 15) is 14.4 Å². The predicted octanol–water partition coefficient (Wildman–Crippen LogP) is -0.182. The van der Waals surface area contributed by atoms with Gasteiger partial charge in [0.25, 0.3) is 11.8 Å². The summed E-state index contributed by atoms with van der Waals surface area (Å²) in [5, 5.41) is 10.9. The molecule has 0 N–H and O–H groups in total. The minimum atomic E-state index is -0.722. The Bertz CT molecular complexity index is 677. The van der Waals surface area contributed by atoms with Crippen molar-refractivity contribution in [3.8, 4) is 0 Å². The number of fused-ring (bicyclic) bond motifs is 1. The molecule has 2 amide bonds. The molecule has 2 aromatic rings. The highest BCUT2D eigenvalue weighted by molar-refractivity contribution is 6.20. The molecule has 1 aromatic heterocycles. The van der Waals surface area contributed by atoms with Crippen molar-refractivity contribution < 1.29 is 19.2 Å². The summed E-state index contributed by atoms with van der Waals surface area (Å²) in [7, 11) is 0. The van der Waals surface area contributed by atoms with Gasteiger partial charge >= 0.3 is 5.97 Å². The first-order valence-corrected chi connectivity index (χ1v) is 6.06. The zero-order valence-electron chi connectivity index (χ0n) is 10.7. The van der Waals surface area contributed by atoms with E-state index in [2.05, 4.69) is 15.5 Å². The Morgan fingerprint density at radius 3 is 2.38 bits per heavy atom. The number of rotatable bonds is 4. The van der Waals surface area contributed by atoms with E-state index in [0.29, 0.717) is 5.06 Å². The Labute approximate surface area is 118 Å². The third-order valence-corrected chi connectivity index (χ3v) is 2.89. The predicted molar refractivity (Wildman–Crippen MR) is 65.5 cm³/mol. The molecular weight excluding hydrogens is 278 g/mol. The fraction of sp³-hybridized carbons (Fsp3) is 0.167. The first-order valence-electron chi connectivity index (χ1n) is 6.06. The van der Waals surface area contributed by atoms with Crippen LogP contribution in [-0.4, -0.2) is 43.1 Å². The summed E-state index contributed by atoms with van der Waals surface area (Å²) in [6.07, 6.45) is 1.27. The normalized spacial score (nSPS) is 13.4. The van der Waals surface area contributed by atoms with Crippen LogP contribution in [0.3, 0.4) is 0 Å². The number of aryl methyl sites for hydroxylation is 1. The van der Waals surface area contributed by atoms with Crippen LogP contribution in [0.15, 0.2) is 30.6 Å². The second-order valence-corrected chi connectivity index (χ2v) is 4.24. The van der Waals surface area contributed by atoms with Gasteiger partial charge in [-0.3, -0.25) is 9.59 Å². The lowest BCUT2D eigenvalue weighted by Gasteiger charge is -2.12. The number of imide groups is 1. The zero-order valence-corrected chi connectivity index (χ0v) is 10.7. The summed E-state index contributed by atoms with van der Waals surface area (Å²) in [6.45, 7) is 0.189. The first kappa shape index (κ1) is 12.9. The standard InChI is InChI=1S/C12H9N5O4/c18-10(5-6-16-7-13-14-15-16)21-17-11(19)8-3-1-2-4-9(8)12(17)20/h1-4,7H,5-6H2. The Kier molecular flexibility index (Phi) is 3.14. The molecule has 1 aliphatic rings. The summed E-state index contributed by atoms with van der Waals surface area (Å²) >= 11 is 0. The molecule has 0 aliphatic carbocycles. The van der Waals surface area contributed by atoms with Crippen LogP contribution < -0.4 is 0 Å². The van der Waals surface area contributed by atoms with Crippen molar-refractivity contribution in [2.45, 2.75) is 13.0 Å². The van der Waals surface area contributed by atoms with E-state index in [1.165, 1.54) is 23.1 Å². The Hall–Kier alpha value is -3.10. The van der Waals surface area contributed by atoms with Gasteiger partial charge in [-0.2, -0.15) is 0 Å². The van der Waals surface area contributed by atoms with Gasteiger partial charge in [0.1, 0.15) is 6.33 Å². The number of nitrogens with zero attached hydrogens (tertiary/aromatic N) is 5. The van der Waals surface area contributed by atoms with Crippen molar-refractivity contribution in [2.24, 2.45) is 0 Å². The van der Waals surface area contributed by atoms with Crippen LogP contribution >= 0.6 is 0 Å². The highest BCUT2D eigenvalue weighted by Crippen LogP contribution is 2.22. The van der Waals surface area contributed by atoms with Crippen LogP contribution in [0.2, 0.25) is 0 Å². The van der Waals surface area contributed by atoms with Crippen molar-refractivity contribution in [2.75, 3.05) is 0 Å². The number of tetrazole rings is 1. The molecule has 1 aromatic carbocycles. The molecule has 0 radical (unpaired) electrons. The lowest BCUT2D eigenvalue weighted by Crippen LogP contribution is -2.32. The van der Waals surface area contributed by atoms with E-state index >= 15 is 0 Å². The van der Waals surface area contributed by atoms with Crippen LogP contribution in [-0.2, 0) is 16.2 Å². The molecule has 3 rings (SSSR count). The number of carbonyl (C=O) groups is 3. The molecule has 9 nitrogen and oxygen atoms in total. The molecule has 0 fully saturated rings. The van der Waals surface area contributed by atoms with Gasteiger partial charge in [0.2, 0.25) is 0 Å². The molecule has 0 spiro atoms. The second kappa shape index (κ2) is 5.12. The van der Waals surface area contributed by atoms with E-state index in [-0.39, 0.29) is 24.1 Å². The molecule has 0 unspecified atom stereocenters. The highest BCUT2D eigenvalue weighted by atomic mass is 16.7. The van der Waals surface area contributed by atoms with E-state index in [1.54, 1.807) is 12.1 Å². The first-order chi connectivity index (χ1) is 10.2. The second-order valence-electron chi connectivity index (χ2n) is 4.24. The van der Waals surface area contributed by atoms with Gasteiger partial charge in [-0.1, -0.05) is 17.2 Å². The Morgan fingerprint density at radius 1 is 1.14 bits per heavy atom. The molecule has 21 heavy (non-hydrogen) atoms. The topological polar surface area (TPSA) is 107 Å². The lowest BCUT2D eigenvalue weighted by atomic mass is 10.1. The maximum Gasteiger partial charge on any atom is 0.335 e. The fourth-order valence-electron chi connectivity index (χ4n) is 1.89. The fourth-order valence-corrected chi connectivity index (χ4v) is 1.89. The maximum atomic E-state index is 12.0. The average Bonchev–Trinajstić information content (AvgIpc) is 3.09. The molecule has 106 valence electrons. The lowest BCUT2D eigenvalue weighted by molar-refractivity contribution is -0.168. The number of hydrogen-bond acceptors (Lipinski definition) is 7. The van der Waals surface area contributed by atoms with Crippen LogP contribution in [0.1, 0.15) is 27.1 Å². The van der Waals surface area contributed by atoms with Gasteiger partial charge in [-0.25, -0.2) is 9.48 Å². The van der Waals surface area contributed by atoms with Crippen LogP contribution in [0.4, 0.5) is 0 Å². The third-order valence-electron chi connectivity index (χ3n) is 2.89. The number of amides is 2. The van der Waals surface area contributed by atoms with Crippen LogP contribution in [0, 0.1) is 0 Å². The smallest absolute Gasteiger partial charge is 0.330 e. The van der Waals surface area contributed by atoms with Gasteiger partial charge in [0, 0.05) is 0 Å². The molecule has 2 heterocycles. The Balaban J connectivity index is 1.65. The Morgan fingerprint density at radius 2 is 1.81 bits per heavy atom. The van der Waals surface area contributed by atoms with Gasteiger partial charge in [-0.15, -0.1) is 5.10 Å². The maximum absolute atomic E-state index is 12.0. The summed E-state index contributed by atoms with van der Waals surface area (Å²) < 4.78 is 1.34. The minimum absolute atomic E-state index is 0.0710. The van der Waals surface area contributed by atoms with E-state index in [0.717, 1.165) is 0 Å². The summed E-state index contributed by atoms with van der Waals surface area (Å²) in [6, 6.07) is 6.27.